The predicted molar refractivity (Wildman–Crippen MR) is 101 cm³/mol. The molecule has 2 heterocycles. The maximum absolute atomic E-state index is 14.5. The highest BCUT2D eigenvalue weighted by molar-refractivity contribution is 7.10. The van der Waals surface area contributed by atoms with Gasteiger partial charge in [-0.2, -0.15) is 0 Å². The van der Waals surface area contributed by atoms with Crippen LogP contribution in [0.3, 0.4) is 0 Å². The second-order valence-electron chi connectivity index (χ2n) is 5.30. The minimum atomic E-state index is -0.220. The van der Waals surface area contributed by atoms with E-state index in [1.807, 2.05) is 18.4 Å². The van der Waals surface area contributed by atoms with Gasteiger partial charge in [-0.1, -0.05) is 23.7 Å². The first-order chi connectivity index (χ1) is 10.2. The second-order valence-corrected chi connectivity index (χ2v) is 6.65. The molecule has 23 heavy (non-hydrogen) atoms. The number of hydrogen-bond donors (Lipinski definition) is 1. The zero-order valence-electron chi connectivity index (χ0n) is 12.7. The lowest BCUT2D eigenvalue weighted by atomic mass is 9.99. The lowest BCUT2D eigenvalue weighted by molar-refractivity contribution is 0.197. The van der Waals surface area contributed by atoms with E-state index in [4.69, 9.17) is 11.6 Å². The topological polar surface area (TPSA) is 15.3 Å². The predicted octanol–water partition coefficient (Wildman–Crippen LogP) is 4.69. The SMILES string of the molecule is Cc1ccc(F)c([C@H](c2cccs2)N2CCNCC2)c1Cl.Cl.Cl. The van der Waals surface area contributed by atoms with Crippen LogP contribution < -0.4 is 5.32 Å². The lowest BCUT2D eigenvalue weighted by Crippen LogP contribution is -2.45. The smallest absolute Gasteiger partial charge is 0.129 e. The molecular weight excluding hydrogens is 378 g/mol. The molecule has 0 aliphatic carbocycles. The van der Waals surface area contributed by atoms with Gasteiger partial charge < -0.3 is 5.32 Å². The van der Waals surface area contributed by atoms with Crippen LogP contribution in [0.15, 0.2) is 29.6 Å². The first-order valence-electron chi connectivity index (χ1n) is 7.11. The van der Waals surface area contributed by atoms with Crippen LogP contribution in [0.2, 0.25) is 5.02 Å². The highest BCUT2D eigenvalue weighted by Crippen LogP contribution is 2.38. The number of hydrogen-bond acceptors (Lipinski definition) is 3. The Morgan fingerprint density at radius 1 is 1.22 bits per heavy atom. The van der Waals surface area contributed by atoms with Crippen molar-refractivity contribution in [3.63, 3.8) is 0 Å². The molecule has 7 heteroatoms. The van der Waals surface area contributed by atoms with Crippen LogP contribution >= 0.6 is 47.8 Å². The fourth-order valence-corrected chi connectivity index (χ4v) is 3.94. The fraction of sp³-hybridized carbons (Fsp3) is 0.375. The first kappa shape index (κ1) is 20.7. The van der Waals surface area contributed by atoms with Gasteiger partial charge in [0.25, 0.3) is 0 Å². The number of rotatable bonds is 3. The quantitative estimate of drug-likeness (QED) is 0.808. The van der Waals surface area contributed by atoms with Crippen molar-refractivity contribution in [1.29, 1.82) is 0 Å². The molecule has 0 spiro atoms. The number of piperazine rings is 1. The van der Waals surface area contributed by atoms with Crippen molar-refractivity contribution in [2.24, 2.45) is 0 Å². The van der Waals surface area contributed by atoms with E-state index >= 15 is 0 Å². The maximum atomic E-state index is 14.5. The zero-order chi connectivity index (χ0) is 14.8. The van der Waals surface area contributed by atoms with Gasteiger partial charge in [0, 0.05) is 36.6 Å². The van der Waals surface area contributed by atoms with Gasteiger partial charge in [0.1, 0.15) is 5.82 Å². The molecule has 1 aliphatic rings. The molecule has 1 atom stereocenters. The summed E-state index contributed by atoms with van der Waals surface area (Å²) in [4.78, 5) is 3.45. The molecule has 1 saturated heterocycles. The summed E-state index contributed by atoms with van der Waals surface area (Å²) in [5.74, 6) is -0.220. The summed E-state index contributed by atoms with van der Waals surface area (Å²) in [6, 6.07) is 7.25. The Bertz CT molecular complexity index is 616. The summed E-state index contributed by atoms with van der Waals surface area (Å²) in [5, 5.41) is 5.92. The first-order valence-corrected chi connectivity index (χ1v) is 8.37. The van der Waals surface area contributed by atoms with E-state index in [1.54, 1.807) is 17.4 Å². The third-order valence-electron chi connectivity index (χ3n) is 3.92. The molecule has 1 aromatic heterocycles. The Balaban J connectivity index is 0.00000132. The molecule has 2 nitrogen and oxygen atoms in total. The summed E-state index contributed by atoms with van der Waals surface area (Å²) >= 11 is 8.11. The summed E-state index contributed by atoms with van der Waals surface area (Å²) in [7, 11) is 0. The standard InChI is InChI=1S/C16H18ClFN2S.2ClH/c1-11-4-5-12(18)14(15(11)17)16(13-3-2-10-21-13)20-8-6-19-7-9-20;;/h2-5,10,16,19H,6-9H2,1H3;2*1H/t16-;;/m0../s1. The van der Waals surface area contributed by atoms with Crippen LogP contribution in [0.25, 0.3) is 0 Å². The molecule has 128 valence electrons. The Hall–Kier alpha value is -0.360. The molecule has 1 fully saturated rings. The average molecular weight is 398 g/mol. The van der Waals surface area contributed by atoms with Crippen molar-refractivity contribution in [2.45, 2.75) is 13.0 Å². The van der Waals surface area contributed by atoms with Crippen molar-refractivity contribution < 1.29 is 4.39 Å². The largest absolute Gasteiger partial charge is 0.314 e. The van der Waals surface area contributed by atoms with Crippen LogP contribution in [0.1, 0.15) is 22.0 Å². The van der Waals surface area contributed by atoms with Crippen molar-refractivity contribution in [2.75, 3.05) is 26.2 Å². The van der Waals surface area contributed by atoms with Crippen molar-refractivity contribution in [1.82, 2.24) is 10.2 Å². The molecular formula is C16H20Cl3FN2S. The summed E-state index contributed by atoms with van der Waals surface area (Å²) in [5.41, 5.74) is 1.53. The highest BCUT2D eigenvalue weighted by Gasteiger charge is 2.29. The number of nitrogens with zero attached hydrogens (tertiary/aromatic N) is 1. The number of halogens is 4. The van der Waals surface area contributed by atoms with Gasteiger partial charge in [0.2, 0.25) is 0 Å². The Morgan fingerprint density at radius 3 is 2.52 bits per heavy atom. The van der Waals surface area contributed by atoms with E-state index in [2.05, 4.69) is 16.3 Å². The molecule has 0 radical (unpaired) electrons. The second kappa shape index (κ2) is 9.21. The van der Waals surface area contributed by atoms with Gasteiger partial charge in [-0.15, -0.1) is 36.2 Å². The van der Waals surface area contributed by atoms with Gasteiger partial charge in [0.05, 0.1) is 11.1 Å². The van der Waals surface area contributed by atoms with Crippen LogP contribution in [0.5, 0.6) is 0 Å². The summed E-state index contributed by atoms with van der Waals surface area (Å²) in [6.45, 7) is 5.56. The average Bonchev–Trinajstić information content (AvgIpc) is 3.02. The van der Waals surface area contributed by atoms with E-state index in [0.29, 0.717) is 10.6 Å². The molecule has 1 aliphatic heterocycles. The molecule has 0 amide bonds. The monoisotopic (exact) mass is 396 g/mol. The van der Waals surface area contributed by atoms with E-state index in [-0.39, 0.29) is 36.7 Å². The van der Waals surface area contributed by atoms with E-state index in [9.17, 15) is 4.39 Å². The fourth-order valence-electron chi connectivity index (χ4n) is 2.82. The number of aryl methyl sites for hydroxylation is 1. The summed E-state index contributed by atoms with van der Waals surface area (Å²) in [6.07, 6.45) is 0. The number of nitrogens with one attached hydrogen (secondary N) is 1. The molecule has 0 saturated carbocycles. The molecule has 3 rings (SSSR count). The van der Waals surface area contributed by atoms with Crippen molar-refractivity contribution in [3.05, 3.63) is 56.5 Å². The van der Waals surface area contributed by atoms with Crippen molar-refractivity contribution >= 4 is 47.8 Å². The third-order valence-corrected chi connectivity index (χ3v) is 5.35. The minimum Gasteiger partial charge on any atom is -0.314 e. The number of thiophene rings is 1. The molecule has 2 aromatic rings. The van der Waals surface area contributed by atoms with Gasteiger partial charge in [-0.25, -0.2) is 4.39 Å². The molecule has 0 bridgehead atoms. The minimum absolute atomic E-state index is 0. The Kier molecular flexibility index (Phi) is 8.28. The summed E-state index contributed by atoms with van der Waals surface area (Å²) < 4.78 is 14.5. The van der Waals surface area contributed by atoms with Gasteiger partial charge in [-0.3, -0.25) is 4.90 Å². The van der Waals surface area contributed by atoms with Crippen LogP contribution in [-0.2, 0) is 0 Å². The lowest BCUT2D eigenvalue weighted by Gasteiger charge is -2.35. The van der Waals surface area contributed by atoms with Gasteiger partial charge >= 0.3 is 0 Å². The normalized spacial score (nSPS) is 16.3. The Labute approximate surface area is 157 Å². The van der Waals surface area contributed by atoms with Crippen LogP contribution in [0.4, 0.5) is 4.39 Å². The Morgan fingerprint density at radius 2 is 1.91 bits per heavy atom. The third kappa shape index (κ3) is 4.38. The van der Waals surface area contributed by atoms with E-state index < -0.39 is 0 Å². The zero-order valence-corrected chi connectivity index (χ0v) is 15.9. The van der Waals surface area contributed by atoms with E-state index in [0.717, 1.165) is 36.6 Å². The van der Waals surface area contributed by atoms with E-state index in [1.165, 1.54) is 6.07 Å². The van der Waals surface area contributed by atoms with Gasteiger partial charge in [0.15, 0.2) is 0 Å². The molecule has 0 unspecified atom stereocenters. The number of benzene rings is 1. The maximum Gasteiger partial charge on any atom is 0.129 e. The highest BCUT2D eigenvalue weighted by atomic mass is 35.5. The molecule has 1 N–H and O–H groups in total. The molecule has 1 aromatic carbocycles. The van der Waals surface area contributed by atoms with Crippen molar-refractivity contribution in [3.8, 4) is 0 Å². The van der Waals surface area contributed by atoms with Gasteiger partial charge in [-0.05, 0) is 30.0 Å². The van der Waals surface area contributed by atoms with Crippen LogP contribution in [0, 0.1) is 12.7 Å². The van der Waals surface area contributed by atoms with Crippen LogP contribution in [-0.4, -0.2) is 31.1 Å².